The van der Waals surface area contributed by atoms with Gasteiger partial charge in [-0.05, 0) is 12.8 Å². The highest BCUT2D eigenvalue weighted by molar-refractivity contribution is 5.16. The lowest BCUT2D eigenvalue weighted by Gasteiger charge is -2.38. The molecule has 6 atom stereocenters. The Hall–Kier alpha value is -1.56. The van der Waals surface area contributed by atoms with Gasteiger partial charge in [-0.2, -0.15) is 0 Å². The molecule has 0 saturated carbocycles. The van der Waals surface area contributed by atoms with Crippen LogP contribution in [0.2, 0.25) is 0 Å². The van der Waals surface area contributed by atoms with Crippen LogP contribution in [0.25, 0.3) is 0 Å². The largest absolute Gasteiger partial charge is 0.390 e. The highest BCUT2D eigenvalue weighted by Gasteiger charge is 2.37. The molecule has 0 aliphatic carbocycles. The molecule has 0 radical (unpaired) electrons. The minimum absolute atomic E-state index is 0.0676. The first-order chi connectivity index (χ1) is 12.0. The predicted molar refractivity (Wildman–Crippen MR) is 93.6 cm³/mol. The molecule has 3 nitrogen and oxygen atoms in total. The molecular formula is C20H26F2O3. The van der Waals surface area contributed by atoms with Crippen molar-refractivity contribution in [2.75, 3.05) is 0 Å². The van der Waals surface area contributed by atoms with Crippen LogP contribution in [0.3, 0.4) is 0 Å². The van der Waals surface area contributed by atoms with Crippen LogP contribution in [0.5, 0.6) is 0 Å². The van der Waals surface area contributed by atoms with Crippen molar-refractivity contribution in [2.45, 2.75) is 62.6 Å². The number of aliphatic hydroxyl groups excluding tert-OH is 1. The number of hydrogen-bond donors (Lipinski definition) is 1. The topological polar surface area (TPSA) is 38.7 Å². The third kappa shape index (κ3) is 5.73. The lowest BCUT2D eigenvalue weighted by Crippen LogP contribution is -2.41. The minimum atomic E-state index is -1.41. The highest BCUT2D eigenvalue weighted by atomic mass is 19.1. The number of halogens is 2. The molecule has 0 amide bonds. The fourth-order valence-corrected chi connectivity index (χ4v) is 2.93. The van der Waals surface area contributed by atoms with Crippen molar-refractivity contribution in [3.8, 4) is 0 Å². The summed E-state index contributed by atoms with van der Waals surface area (Å²) < 4.78 is 39.9. The van der Waals surface area contributed by atoms with Gasteiger partial charge in [0.05, 0.1) is 18.3 Å². The fourth-order valence-electron chi connectivity index (χ4n) is 2.93. The van der Waals surface area contributed by atoms with Crippen molar-refractivity contribution in [1.82, 2.24) is 0 Å². The van der Waals surface area contributed by atoms with E-state index in [2.05, 4.69) is 13.2 Å². The maximum absolute atomic E-state index is 14.4. The van der Waals surface area contributed by atoms with Crippen molar-refractivity contribution in [2.24, 2.45) is 0 Å². The van der Waals surface area contributed by atoms with Crippen LogP contribution < -0.4 is 0 Å². The zero-order valence-electron chi connectivity index (χ0n) is 14.3. The zero-order valence-corrected chi connectivity index (χ0v) is 14.3. The number of ether oxygens (including phenoxy) is 2. The van der Waals surface area contributed by atoms with Crippen LogP contribution in [0.15, 0.2) is 55.6 Å². The maximum Gasteiger partial charge on any atom is 0.184 e. The van der Waals surface area contributed by atoms with E-state index in [0.717, 1.165) is 5.56 Å². The summed E-state index contributed by atoms with van der Waals surface area (Å²) >= 11 is 0. The normalized spacial score (nSPS) is 27.2. The number of rotatable bonds is 9. The molecule has 25 heavy (non-hydrogen) atoms. The van der Waals surface area contributed by atoms with E-state index in [9.17, 15) is 13.9 Å². The molecule has 1 aromatic rings. The van der Waals surface area contributed by atoms with Crippen LogP contribution in [-0.4, -0.2) is 35.8 Å². The second kappa shape index (κ2) is 9.80. The molecule has 1 aliphatic rings. The van der Waals surface area contributed by atoms with E-state index < -0.39 is 36.9 Å². The Morgan fingerprint density at radius 2 is 1.80 bits per heavy atom. The Morgan fingerprint density at radius 3 is 2.44 bits per heavy atom. The number of benzene rings is 1. The van der Waals surface area contributed by atoms with Gasteiger partial charge < -0.3 is 14.6 Å². The standard InChI is InChI=1S/C20H26F2O3/c1-3-8-16(21)18(23)12-15-13-19(17(22)9-4-2)25-20(24-15)14-10-6-5-7-11-14/h3-7,10-11,15-20,23H,1-2,8-9,12-13H2/t15-,16+,17+,18-,19-,20-/m1/s1. The van der Waals surface area contributed by atoms with Crippen molar-refractivity contribution in [1.29, 1.82) is 0 Å². The van der Waals surface area contributed by atoms with Crippen molar-refractivity contribution in [3.05, 3.63) is 61.2 Å². The molecule has 138 valence electrons. The van der Waals surface area contributed by atoms with E-state index in [4.69, 9.17) is 9.47 Å². The van der Waals surface area contributed by atoms with Crippen LogP contribution >= 0.6 is 0 Å². The van der Waals surface area contributed by atoms with E-state index in [1.165, 1.54) is 12.2 Å². The molecule has 1 fully saturated rings. The summed E-state index contributed by atoms with van der Waals surface area (Å²) in [7, 11) is 0. The van der Waals surface area contributed by atoms with Gasteiger partial charge in [0.15, 0.2) is 6.29 Å². The molecular weight excluding hydrogens is 326 g/mol. The second-order valence-corrected chi connectivity index (χ2v) is 6.29. The van der Waals surface area contributed by atoms with Crippen molar-refractivity contribution in [3.63, 3.8) is 0 Å². The predicted octanol–water partition coefficient (Wildman–Crippen LogP) is 4.44. The summed E-state index contributed by atoms with van der Waals surface area (Å²) in [5, 5.41) is 10.0. The highest BCUT2D eigenvalue weighted by Crippen LogP contribution is 2.34. The maximum atomic E-state index is 14.4. The number of alkyl halides is 2. The number of aliphatic hydroxyl groups is 1. The number of allylic oxidation sites excluding steroid dienone is 2. The van der Waals surface area contributed by atoms with Crippen LogP contribution in [0.4, 0.5) is 8.78 Å². The summed E-state index contributed by atoms with van der Waals surface area (Å²) in [6.07, 6.45) is -2.22. The molecule has 0 spiro atoms. The van der Waals surface area contributed by atoms with E-state index in [-0.39, 0.29) is 25.7 Å². The van der Waals surface area contributed by atoms with E-state index in [0.29, 0.717) is 0 Å². The first kappa shape index (κ1) is 19.8. The van der Waals surface area contributed by atoms with Gasteiger partial charge in [0.25, 0.3) is 0 Å². The molecule has 0 bridgehead atoms. The van der Waals surface area contributed by atoms with Gasteiger partial charge in [-0.25, -0.2) is 8.78 Å². The van der Waals surface area contributed by atoms with Gasteiger partial charge in [0.2, 0.25) is 0 Å². The Labute approximate surface area is 148 Å². The molecule has 1 aliphatic heterocycles. The summed E-state index contributed by atoms with van der Waals surface area (Å²) in [4.78, 5) is 0. The van der Waals surface area contributed by atoms with Crippen LogP contribution in [0.1, 0.15) is 37.5 Å². The zero-order chi connectivity index (χ0) is 18.2. The van der Waals surface area contributed by atoms with Gasteiger partial charge in [-0.3, -0.25) is 0 Å². The minimum Gasteiger partial charge on any atom is -0.390 e. The smallest absolute Gasteiger partial charge is 0.184 e. The molecule has 1 heterocycles. The van der Waals surface area contributed by atoms with Gasteiger partial charge >= 0.3 is 0 Å². The van der Waals surface area contributed by atoms with Gasteiger partial charge in [0.1, 0.15) is 12.3 Å². The molecule has 5 heteroatoms. The Kier molecular flexibility index (Phi) is 7.75. The molecule has 1 N–H and O–H groups in total. The van der Waals surface area contributed by atoms with Crippen molar-refractivity contribution < 1.29 is 23.4 Å². The molecule has 0 unspecified atom stereocenters. The summed E-state index contributed by atoms with van der Waals surface area (Å²) in [6, 6.07) is 9.21. The Morgan fingerprint density at radius 1 is 1.12 bits per heavy atom. The molecule has 2 rings (SSSR count). The third-order valence-corrected chi connectivity index (χ3v) is 4.29. The average Bonchev–Trinajstić information content (AvgIpc) is 2.62. The van der Waals surface area contributed by atoms with Gasteiger partial charge in [0, 0.05) is 18.4 Å². The first-order valence-electron chi connectivity index (χ1n) is 8.59. The van der Waals surface area contributed by atoms with Crippen molar-refractivity contribution >= 4 is 0 Å². The van der Waals surface area contributed by atoms with E-state index in [1.54, 1.807) is 0 Å². The summed E-state index contributed by atoms with van der Waals surface area (Å²) in [6.45, 7) is 7.03. The quantitative estimate of drug-likeness (QED) is 0.668. The van der Waals surface area contributed by atoms with Gasteiger partial charge in [-0.15, -0.1) is 13.2 Å². The third-order valence-electron chi connectivity index (χ3n) is 4.29. The molecule has 1 aromatic carbocycles. The monoisotopic (exact) mass is 352 g/mol. The van der Waals surface area contributed by atoms with Gasteiger partial charge in [-0.1, -0.05) is 42.5 Å². The lowest BCUT2D eigenvalue weighted by atomic mass is 9.97. The fraction of sp³-hybridized carbons (Fsp3) is 0.500. The Bertz CT molecular complexity index is 535. The second-order valence-electron chi connectivity index (χ2n) is 6.29. The molecule has 0 aromatic heterocycles. The lowest BCUT2D eigenvalue weighted by molar-refractivity contribution is -0.263. The number of hydrogen-bond acceptors (Lipinski definition) is 3. The van der Waals surface area contributed by atoms with E-state index >= 15 is 0 Å². The molecule has 1 saturated heterocycles. The SMILES string of the molecule is C=CC[C@H](F)[C@H](O)C[C@@H]1C[C@H]([C@@H](F)CC=C)O[C@H](c2ccccc2)O1. The average molecular weight is 352 g/mol. The van der Waals surface area contributed by atoms with Crippen LogP contribution in [0, 0.1) is 0 Å². The van der Waals surface area contributed by atoms with E-state index in [1.807, 2.05) is 30.3 Å². The Balaban J connectivity index is 2.09. The first-order valence-corrected chi connectivity index (χ1v) is 8.59. The summed E-state index contributed by atoms with van der Waals surface area (Å²) in [5.41, 5.74) is 0.764. The van der Waals surface area contributed by atoms with Crippen LogP contribution in [-0.2, 0) is 9.47 Å². The summed E-state index contributed by atoms with van der Waals surface area (Å²) in [5.74, 6) is 0.